The van der Waals surface area contributed by atoms with Crippen molar-refractivity contribution >= 4 is 28.9 Å². The summed E-state index contributed by atoms with van der Waals surface area (Å²) in [4.78, 5) is 19.4. The van der Waals surface area contributed by atoms with E-state index in [0.717, 1.165) is 35.3 Å². The normalized spacial score (nSPS) is 23.8. The number of amidine groups is 1. The number of nitrogens with zero attached hydrogens (tertiary/aromatic N) is 2. The third kappa shape index (κ3) is 4.46. The van der Waals surface area contributed by atoms with Crippen LogP contribution >= 0.6 is 11.8 Å². The SMILES string of the molecule is C[C@@H]1CN(C2=NC(=O)/C(=C/c3cccc(Oc4ccccc4)c3)S2)C[C@@H](C)O1. The fraction of sp³-hybridized carbons (Fsp3) is 0.273. The van der Waals surface area contributed by atoms with Gasteiger partial charge in [-0.3, -0.25) is 4.79 Å². The summed E-state index contributed by atoms with van der Waals surface area (Å²) in [5.74, 6) is 1.31. The van der Waals surface area contributed by atoms with Crippen molar-refractivity contribution in [2.24, 2.45) is 4.99 Å². The van der Waals surface area contributed by atoms with Gasteiger partial charge in [0.15, 0.2) is 5.17 Å². The van der Waals surface area contributed by atoms with Crippen LogP contribution in [0.5, 0.6) is 11.5 Å². The smallest absolute Gasteiger partial charge is 0.286 e. The van der Waals surface area contributed by atoms with Gasteiger partial charge in [-0.15, -0.1) is 0 Å². The molecule has 2 aliphatic heterocycles. The average Bonchev–Trinajstić information content (AvgIpc) is 3.03. The molecule has 0 N–H and O–H groups in total. The molecule has 0 radical (unpaired) electrons. The van der Waals surface area contributed by atoms with Gasteiger partial charge in [0.2, 0.25) is 0 Å². The number of hydrogen-bond acceptors (Lipinski definition) is 5. The maximum absolute atomic E-state index is 12.4. The van der Waals surface area contributed by atoms with Crippen LogP contribution in [0, 0.1) is 0 Å². The summed E-state index contributed by atoms with van der Waals surface area (Å²) in [6.07, 6.45) is 2.12. The third-order valence-corrected chi connectivity index (χ3v) is 5.48. The van der Waals surface area contributed by atoms with Gasteiger partial charge in [-0.05, 0) is 61.5 Å². The molecule has 2 atom stereocenters. The number of thioether (sulfide) groups is 1. The molecule has 0 spiro atoms. The summed E-state index contributed by atoms with van der Waals surface area (Å²) in [5.41, 5.74) is 0.907. The maximum Gasteiger partial charge on any atom is 0.286 e. The molecule has 1 amide bonds. The zero-order valence-corrected chi connectivity index (χ0v) is 16.7. The van der Waals surface area contributed by atoms with E-state index < -0.39 is 0 Å². The van der Waals surface area contributed by atoms with E-state index in [2.05, 4.69) is 9.89 Å². The van der Waals surface area contributed by atoms with E-state index in [4.69, 9.17) is 9.47 Å². The molecule has 2 heterocycles. The highest BCUT2D eigenvalue weighted by atomic mass is 32.2. The van der Waals surface area contributed by atoms with Gasteiger partial charge in [0.1, 0.15) is 11.5 Å². The average molecular weight is 394 g/mol. The third-order valence-electron chi connectivity index (χ3n) is 4.43. The molecule has 28 heavy (non-hydrogen) atoms. The number of hydrogen-bond donors (Lipinski definition) is 0. The quantitative estimate of drug-likeness (QED) is 0.715. The van der Waals surface area contributed by atoms with Crippen LogP contribution in [0.25, 0.3) is 6.08 Å². The predicted molar refractivity (Wildman–Crippen MR) is 113 cm³/mol. The Balaban J connectivity index is 1.48. The van der Waals surface area contributed by atoms with E-state index >= 15 is 0 Å². The zero-order chi connectivity index (χ0) is 19.5. The van der Waals surface area contributed by atoms with E-state index in [9.17, 15) is 4.79 Å². The van der Waals surface area contributed by atoms with Crippen LogP contribution in [0.15, 0.2) is 64.5 Å². The Morgan fingerprint density at radius 1 is 1.07 bits per heavy atom. The zero-order valence-electron chi connectivity index (χ0n) is 15.9. The number of rotatable bonds is 3. The van der Waals surface area contributed by atoms with Crippen LogP contribution in [0.3, 0.4) is 0 Å². The Morgan fingerprint density at radius 3 is 2.54 bits per heavy atom. The first-order valence-electron chi connectivity index (χ1n) is 9.33. The second kappa shape index (κ2) is 8.20. The van der Waals surface area contributed by atoms with Gasteiger partial charge in [-0.25, -0.2) is 0 Å². The standard InChI is InChI=1S/C22H22N2O3S/c1-15-13-24(14-16(2)26-15)22-23-21(25)20(28-22)12-17-7-6-10-19(11-17)27-18-8-4-3-5-9-18/h3-12,15-16H,13-14H2,1-2H3/b20-12-/t15-,16-/m1/s1. The minimum Gasteiger partial charge on any atom is -0.457 e. The van der Waals surface area contributed by atoms with Crippen LogP contribution in [0.1, 0.15) is 19.4 Å². The topological polar surface area (TPSA) is 51.1 Å². The molecule has 1 fully saturated rings. The van der Waals surface area contributed by atoms with E-state index in [-0.39, 0.29) is 18.1 Å². The lowest BCUT2D eigenvalue weighted by atomic mass is 10.2. The van der Waals surface area contributed by atoms with Gasteiger partial charge >= 0.3 is 0 Å². The minimum absolute atomic E-state index is 0.127. The van der Waals surface area contributed by atoms with Crippen molar-refractivity contribution in [3.63, 3.8) is 0 Å². The lowest BCUT2D eigenvalue weighted by Crippen LogP contribution is -2.47. The monoisotopic (exact) mass is 394 g/mol. The molecule has 4 rings (SSSR count). The van der Waals surface area contributed by atoms with Crippen molar-refractivity contribution in [2.45, 2.75) is 26.1 Å². The Morgan fingerprint density at radius 2 is 1.79 bits per heavy atom. The molecule has 2 aromatic carbocycles. The molecule has 5 nitrogen and oxygen atoms in total. The summed E-state index contributed by atoms with van der Waals surface area (Å²) >= 11 is 1.43. The summed E-state index contributed by atoms with van der Waals surface area (Å²) in [5, 5.41) is 0.759. The number of carbonyl (C=O) groups excluding carboxylic acids is 1. The number of amides is 1. The highest BCUT2D eigenvalue weighted by molar-refractivity contribution is 8.18. The van der Waals surface area contributed by atoms with Crippen LogP contribution in [-0.2, 0) is 9.53 Å². The maximum atomic E-state index is 12.4. The first-order chi connectivity index (χ1) is 13.6. The molecule has 0 unspecified atom stereocenters. The van der Waals surface area contributed by atoms with E-state index in [1.165, 1.54) is 11.8 Å². The molecule has 2 aliphatic rings. The molecule has 1 saturated heterocycles. The van der Waals surface area contributed by atoms with Crippen LogP contribution < -0.4 is 4.74 Å². The Bertz CT molecular complexity index is 916. The van der Waals surface area contributed by atoms with Crippen molar-refractivity contribution < 1.29 is 14.3 Å². The van der Waals surface area contributed by atoms with Gasteiger partial charge in [-0.2, -0.15) is 4.99 Å². The van der Waals surface area contributed by atoms with Gasteiger partial charge in [0.25, 0.3) is 5.91 Å². The molecule has 2 aromatic rings. The summed E-state index contributed by atoms with van der Waals surface area (Å²) in [7, 11) is 0. The van der Waals surface area contributed by atoms with Crippen molar-refractivity contribution in [2.75, 3.05) is 13.1 Å². The number of benzene rings is 2. The van der Waals surface area contributed by atoms with Crippen LogP contribution in [-0.4, -0.2) is 41.3 Å². The number of carbonyl (C=O) groups is 1. The van der Waals surface area contributed by atoms with Crippen molar-refractivity contribution in [1.82, 2.24) is 4.90 Å². The van der Waals surface area contributed by atoms with E-state index in [1.807, 2.05) is 74.5 Å². The van der Waals surface area contributed by atoms with Crippen molar-refractivity contribution in [3.8, 4) is 11.5 Å². The molecular weight excluding hydrogens is 372 g/mol. The number of aliphatic imine (C=N–C) groups is 1. The largest absolute Gasteiger partial charge is 0.457 e. The highest BCUT2D eigenvalue weighted by Gasteiger charge is 2.30. The molecule has 0 bridgehead atoms. The minimum atomic E-state index is -0.193. The van der Waals surface area contributed by atoms with Gasteiger partial charge in [0, 0.05) is 13.1 Å². The molecule has 0 saturated carbocycles. The predicted octanol–water partition coefficient (Wildman–Crippen LogP) is 4.56. The number of morpholine rings is 1. The van der Waals surface area contributed by atoms with E-state index in [1.54, 1.807) is 0 Å². The lowest BCUT2D eigenvalue weighted by Gasteiger charge is -2.35. The summed E-state index contributed by atoms with van der Waals surface area (Å²) in [6, 6.07) is 17.3. The Hall–Kier alpha value is -2.57. The lowest BCUT2D eigenvalue weighted by molar-refractivity contribution is -0.113. The summed E-state index contributed by atoms with van der Waals surface area (Å²) < 4.78 is 11.6. The molecule has 144 valence electrons. The number of para-hydroxylation sites is 1. The Kier molecular flexibility index (Phi) is 5.50. The Labute approximate surface area is 169 Å². The van der Waals surface area contributed by atoms with Gasteiger partial charge < -0.3 is 14.4 Å². The number of ether oxygens (including phenoxy) is 2. The second-order valence-electron chi connectivity index (χ2n) is 6.96. The molecular formula is C22H22N2O3S. The van der Waals surface area contributed by atoms with Crippen molar-refractivity contribution in [1.29, 1.82) is 0 Å². The fourth-order valence-corrected chi connectivity index (χ4v) is 4.24. The highest BCUT2D eigenvalue weighted by Crippen LogP contribution is 2.32. The molecule has 6 heteroatoms. The second-order valence-corrected chi connectivity index (χ2v) is 7.97. The first kappa shape index (κ1) is 18.8. The summed E-state index contributed by atoms with van der Waals surface area (Å²) in [6.45, 7) is 5.58. The van der Waals surface area contributed by atoms with Crippen LogP contribution in [0.4, 0.5) is 0 Å². The van der Waals surface area contributed by atoms with Gasteiger partial charge in [-0.1, -0.05) is 30.3 Å². The van der Waals surface area contributed by atoms with Crippen molar-refractivity contribution in [3.05, 3.63) is 65.1 Å². The first-order valence-corrected chi connectivity index (χ1v) is 10.1. The molecule has 0 aromatic heterocycles. The fourth-order valence-electron chi connectivity index (χ4n) is 3.31. The van der Waals surface area contributed by atoms with Crippen LogP contribution in [0.2, 0.25) is 0 Å². The van der Waals surface area contributed by atoms with Gasteiger partial charge in [0.05, 0.1) is 17.1 Å². The van der Waals surface area contributed by atoms with E-state index in [0.29, 0.717) is 4.91 Å². The molecule has 0 aliphatic carbocycles.